The predicted molar refractivity (Wildman–Crippen MR) is 79.0 cm³/mol. The van der Waals surface area contributed by atoms with Crippen molar-refractivity contribution in [3.63, 3.8) is 0 Å². The fourth-order valence-electron chi connectivity index (χ4n) is 2.19. The van der Waals surface area contributed by atoms with Gasteiger partial charge in [-0.05, 0) is 35.9 Å². The van der Waals surface area contributed by atoms with E-state index in [1.54, 1.807) is 13.2 Å². The Morgan fingerprint density at radius 2 is 2.00 bits per heavy atom. The highest BCUT2D eigenvalue weighted by atomic mass is 16.7. The van der Waals surface area contributed by atoms with E-state index in [1.807, 2.05) is 42.5 Å². The van der Waals surface area contributed by atoms with Crippen molar-refractivity contribution in [3.05, 3.63) is 53.6 Å². The normalized spacial score (nSPS) is 12.9. The Kier molecular flexibility index (Phi) is 3.48. The molecule has 0 atom stereocenters. The van der Waals surface area contributed by atoms with Gasteiger partial charge in [0, 0.05) is 5.56 Å². The van der Waals surface area contributed by atoms with E-state index in [-0.39, 0.29) is 6.79 Å². The lowest BCUT2D eigenvalue weighted by Gasteiger charge is -2.06. The highest BCUT2D eigenvalue weighted by molar-refractivity contribution is 5.91. The molecular weight excluding hydrogens is 266 g/mol. The summed E-state index contributed by atoms with van der Waals surface area (Å²) >= 11 is 0. The standard InChI is InChI=1S/C17H13NO3/c1-19-15-5-3-2-4-13(15)8-14(10-18)12-6-7-16-17(9-12)21-11-20-16/h2-9H,11H2,1H3/b14-8-. The van der Waals surface area contributed by atoms with Gasteiger partial charge in [0.05, 0.1) is 18.8 Å². The van der Waals surface area contributed by atoms with Crippen LogP contribution in [0.25, 0.3) is 11.6 Å². The van der Waals surface area contributed by atoms with Gasteiger partial charge in [-0.25, -0.2) is 0 Å². The zero-order valence-electron chi connectivity index (χ0n) is 11.5. The maximum Gasteiger partial charge on any atom is 0.231 e. The highest BCUT2D eigenvalue weighted by Gasteiger charge is 2.15. The van der Waals surface area contributed by atoms with Crippen LogP contribution in [0.2, 0.25) is 0 Å². The second-order valence-corrected chi connectivity index (χ2v) is 4.48. The van der Waals surface area contributed by atoms with Crippen molar-refractivity contribution < 1.29 is 14.2 Å². The van der Waals surface area contributed by atoms with E-state index >= 15 is 0 Å². The number of ether oxygens (including phenoxy) is 3. The highest BCUT2D eigenvalue weighted by Crippen LogP contribution is 2.35. The van der Waals surface area contributed by atoms with Gasteiger partial charge < -0.3 is 14.2 Å². The van der Waals surface area contributed by atoms with E-state index in [4.69, 9.17) is 14.2 Å². The number of allylic oxidation sites excluding steroid dienone is 1. The number of hydrogen-bond acceptors (Lipinski definition) is 4. The van der Waals surface area contributed by atoms with E-state index in [2.05, 4.69) is 6.07 Å². The molecule has 104 valence electrons. The molecule has 0 spiro atoms. The first-order valence-electron chi connectivity index (χ1n) is 6.46. The number of methoxy groups -OCH3 is 1. The van der Waals surface area contributed by atoms with Crippen molar-refractivity contribution in [2.75, 3.05) is 13.9 Å². The molecule has 0 aliphatic carbocycles. The summed E-state index contributed by atoms with van der Waals surface area (Å²) in [5, 5.41) is 9.42. The van der Waals surface area contributed by atoms with Gasteiger partial charge in [-0.1, -0.05) is 18.2 Å². The molecule has 2 aromatic rings. The Morgan fingerprint density at radius 1 is 1.19 bits per heavy atom. The SMILES string of the molecule is COc1ccccc1/C=C(/C#N)c1ccc2c(c1)OCO2. The molecule has 0 bridgehead atoms. The summed E-state index contributed by atoms with van der Waals surface area (Å²) in [7, 11) is 1.61. The fraction of sp³-hybridized carbons (Fsp3) is 0.118. The smallest absolute Gasteiger partial charge is 0.231 e. The third kappa shape index (κ3) is 2.54. The lowest BCUT2D eigenvalue weighted by molar-refractivity contribution is 0.174. The van der Waals surface area contributed by atoms with Gasteiger partial charge in [-0.15, -0.1) is 0 Å². The minimum absolute atomic E-state index is 0.219. The number of nitrogens with zero attached hydrogens (tertiary/aromatic N) is 1. The Morgan fingerprint density at radius 3 is 2.81 bits per heavy atom. The molecular formula is C17H13NO3. The summed E-state index contributed by atoms with van der Waals surface area (Å²) in [6.45, 7) is 0.219. The van der Waals surface area contributed by atoms with Crippen LogP contribution in [0.4, 0.5) is 0 Å². The molecule has 1 heterocycles. The van der Waals surface area contributed by atoms with Crippen LogP contribution in [-0.4, -0.2) is 13.9 Å². The van der Waals surface area contributed by atoms with Crippen molar-refractivity contribution in [1.29, 1.82) is 5.26 Å². The molecule has 0 aromatic heterocycles. The summed E-state index contributed by atoms with van der Waals surface area (Å²) in [5.41, 5.74) is 2.18. The third-order valence-electron chi connectivity index (χ3n) is 3.24. The zero-order valence-corrected chi connectivity index (χ0v) is 11.5. The van der Waals surface area contributed by atoms with E-state index in [9.17, 15) is 5.26 Å². The first-order valence-corrected chi connectivity index (χ1v) is 6.46. The monoisotopic (exact) mass is 279 g/mol. The lowest BCUT2D eigenvalue weighted by atomic mass is 10.0. The number of nitriles is 1. The number of hydrogen-bond donors (Lipinski definition) is 0. The summed E-state index contributed by atoms with van der Waals surface area (Å²) in [6, 6.07) is 15.3. The van der Waals surface area contributed by atoms with Gasteiger partial charge in [0.1, 0.15) is 5.75 Å². The summed E-state index contributed by atoms with van der Waals surface area (Å²) < 4.78 is 15.9. The molecule has 0 fully saturated rings. The maximum absolute atomic E-state index is 9.42. The topological polar surface area (TPSA) is 51.5 Å². The van der Waals surface area contributed by atoms with Gasteiger partial charge in [0.15, 0.2) is 11.5 Å². The fourth-order valence-corrected chi connectivity index (χ4v) is 2.19. The van der Waals surface area contributed by atoms with Crippen molar-refractivity contribution in [2.24, 2.45) is 0 Å². The molecule has 1 aliphatic heterocycles. The van der Waals surface area contributed by atoms with Gasteiger partial charge in [-0.2, -0.15) is 5.26 Å². The molecule has 0 saturated heterocycles. The van der Waals surface area contributed by atoms with Crippen LogP contribution >= 0.6 is 0 Å². The minimum Gasteiger partial charge on any atom is -0.496 e. The molecule has 0 amide bonds. The lowest BCUT2D eigenvalue weighted by Crippen LogP contribution is -1.92. The average molecular weight is 279 g/mol. The van der Waals surface area contributed by atoms with E-state index < -0.39 is 0 Å². The summed E-state index contributed by atoms with van der Waals surface area (Å²) in [4.78, 5) is 0. The largest absolute Gasteiger partial charge is 0.496 e. The molecule has 0 unspecified atom stereocenters. The molecule has 0 N–H and O–H groups in total. The first kappa shape index (κ1) is 13.1. The van der Waals surface area contributed by atoms with Crippen LogP contribution in [-0.2, 0) is 0 Å². The Labute approximate surface area is 122 Å². The maximum atomic E-state index is 9.42. The molecule has 1 aliphatic rings. The number of fused-ring (bicyclic) bond motifs is 1. The molecule has 0 saturated carbocycles. The third-order valence-corrected chi connectivity index (χ3v) is 3.24. The Bertz CT molecular complexity index is 744. The van der Waals surface area contributed by atoms with Gasteiger partial charge in [0.2, 0.25) is 6.79 Å². The van der Waals surface area contributed by atoms with E-state index in [1.165, 1.54) is 0 Å². The summed E-state index contributed by atoms with van der Waals surface area (Å²) in [5.74, 6) is 2.09. The van der Waals surface area contributed by atoms with E-state index in [0.717, 1.165) is 16.9 Å². The van der Waals surface area contributed by atoms with Gasteiger partial charge in [-0.3, -0.25) is 0 Å². The van der Waals surface area contributed by atoms with Crippen LogP contribution in [0.1, 0.15) is 11.1 Å². The molecule has 21 heavy (non-hydrogen) atoms. The van der Waals surface area contributed by atoms with Crippen LogP contribution in [0.5, 0.6) is 17.2 Å². The van der Waals surface area contributed by atoms with Gasteiger partial charge in [0.25, 0.3) is 0 Å². The van der Waals surface area contributed by atoms with Crippen LogP contribution in [0, 0.1) is 11.3 Å². The Hall–Kier alpha value is -2.93. The molecule has 0 radical (unpaired) electrons. The van der Waals surface area contributed by atoms with Crippen molar-refractivity contribution >= 4 is 11.6 Å². The Balaban J connectivity index is 2.02. The van der Waals surface area contributed by atoms with Crippen LogP contribution in [0.3, 0.4) is 0 Å². The molecule has 4 heteroatoms. The van der Waals surface area contributed by atoms with Gasteiger partial charge >= 0.3 is 0 Å². The average Bonchev–Trinajstić information content (AvgIpc) is 3.00. The second kappa shape index (κ2) is 5.59. The predicted octanol–water partition coefficient (Wildman–Crippen LogP) is 3.49. The second-order valence-electron chi connectivity index (χ2n) is 4.48. The van der Waals surface area contributed by atoms with Crippen molar-refractivity contribution in [1.82, 2.24) is 0 Å². The van der Waals surface area contributed by atoms with Crippen LogP contribution in [0.15, 0.2) is 42.5 Å². The number of rotatable bonds is 3. The van der Waals surface area contributed by atoms with E-state index in [0.29, 0.717) is 17.1 Å². The number of para-hydroxylation sites is 1. The molecule has 2 aromatic carbocycles. The van der Waals surface area contributed by atoms with Crippen molar-refractivity contribution in [3.8, 4) is 23.3 Å². The zero-order chi connectivity index (χ0) is 14.7. The van der Waals surface area contributed by atoms with Crippen molar-refractivity contribution in [2.45, 2.75) is 0 Å². The minimum atomic E-state index is 0.219. The molecule has 4 nitrogen and oxygen atoms in total. The first-order chi connectivity index (χ1) is 10.3. The number of benzene rings is 2. The quantitative estimate of drug-likeness (QED) is 0.637. The summed E-state index contributed by atoms with van der Waals surface area (Å²) in [6.07, 6.45) is 1.80. The molecule has 3 rings (SSSR count). The van der Waals surface area contributed by atoms with Crippen LogP contribution < -0.4 is 14.2 Å².